The van der Waals surface area contributed by atoms with Gasteiger partial charge in [0.1, 0.15) is 11.9 Å². The molecule has 1 unspecified atom stereocenters. The number of halogens is 3. The van der Waals surface area contributed by atoms with Crippen LogP contribution in [0.5, 0.6) is 11.6 Å². The normalized spacial score (nSPS) is 16.8. The standard InChI is InChI=1S/C18H17F3N2O4/c19-18(20,21)27-15-4-2-1-3-12(15)9-23-17(24)13-5-6-16(22-10-13)26-14-7-8-25-11-14/h1-6,10,14H,7-9,11H2,(H,23,24). The number of ether oxygens (including phenoxy) is 3. The Balaban J connectivity index is 1.58. The Morgan fingerprint density at radius 2 is 2.07 bits per heavy atom. The van der Waals surface area contributed by atoms with Gasteiger partial charge in [0.25, 0.3) is 5.91 Å². The van der Waals surface area contributed by atoms with Gasteiger partial charge in [-0.1, -0.05) is 18.2 Å². The van der Waals surface area contributed by atoms with Crippen LogP contribution in [0, 0.1) is 0 Å². The summed E-state index contributed by atoms with van der Waals surface area (Å²) in [4.78, 5) is 16.3. The topological polar surface area (TPSA) is 69.7 Å². The van der Waals surface area contributed by atoms with Gasteiger partial charge in [0.2, 0.25) is 5.88 Å². The van der Waals surface area contributed by atoms with Gasteiger partial charge in [-0.25, -0.2) is 4.98 Å². The lowest BCUT2D eigenvalue weighted by Gasteiger charge is -2.14. The lowest BCUT2D eigenvalue weighted by Crippen LogP contribution is -2.24. The van der Waals surface area contributed by atoms with Crippen LogP contribution in [0.2, 0.25) is 0 Å². The Kier molecular flexibility index (Phi) is 5.80. The smallest absolute Gasteiger partial charge is 0.472 e. The number of carbonyl (C=O) groups is 1. The number of rotatable bonds is 6. The Morgan fingerprint density at radius 1 is 1.26 bits per heavy atom. The van der Waals surface area contributed by atoms with Gasteiger partial charge in [0.15, 0.2) is 0 Å². The van der Waals surface area contributed by atoms with Crippen molar-refractivity contribution in [3.05, 3.63) is 53.7 Å². The molecule has 1 saturated heterocycles. The summed E-state index contributed by atoms with van der Waals surface area (Å²) in [5.74, 6) is -0.447. The van der Waals surface area contributed by atoms with Crippen LogP contribution < -0.4 is 14.8 Å². The van der Waals surface area contributed by atoms with Crippen LogP contribution in [-0.2, 0) is 11.3 Å². The molecule has 0 saturated carbocycles. The molecule has 1 amide bonds. The van der Waals surface area contributed by atoms with Crippen molar-refractivity contribution in [3.8, 4) is 11.6 Å². The summed E-state index contributed by atoms with van der Waals surface area (Å²) in [5.41, 5.74) is 0.469. The second kappa shape index (κ2) is 8.26. The van der Waals surface area contributed by atoms with E-state index in [1.165, 1.54) is 30.5 Å². The zero-order valence-corrected chi connectivity index (χ0v) is 14.2. The Labute approximate surface area is 153 Å². The van der Waals surface area contributed by atoms with Crippen molar-refractivity contribution < 1.29 is 32.2 Å². The van der Waals surface area contributed by atoms with Gasteiger partial charge in [-0.05, 0) is 12.1 Å². The molecule has 1 N–H and O–H groups in total. The van der Waals surface area contributed by atoms with Gasteiger partial charge in [0.05, 0.1) is 18.8 Å². The second-order valence-electron chi connectivity index (χ2n) is 5.83. The molecule has 1 aromatic heterocycles. The molecule has 144 valence electrons. The molecule has 1 aromatic carbocycles. The van der Waals surface area contributed by atoms with Crippen LogP contribution in [0.3, 0.4) is 0 Å². The molecule has 2 heterocycles. The van der Waals surface area contributed by atoms with Crippen LogP contribution in [0.4, 0.5) is 13.2 Å². The molecule has 0 radical (unpaired) electrons. The third-order valence-corrected chi connectivity index (χ3v) is 3.81. The van der Waals surface area contributed by atoms with Gasteiger partial charge in [0, 0.05) is 30.8 Å². The Hall–Kier alpha value is -2.81. The number of nitrogens with one attached hydrogen (secondary N) is 1. The zero-order valence-electron chi connectivity index (χ0n) is 14.2. The van der Waals surface area contributed by atoms with Gasteiger partial charge < -0.3 is 19.5 Å². The highest BCUT2D eigenvalue weighted by atomic mass is 19.4. The lowest BCUT2D eigenvalue weighted by molar-refractivity contribution is -0.274. The average Bonchev–Trinajstić information content (AvgIpc) is 3.13. The van der Waals surface area contributed by atoms with Crippen LogP contribution in [0.25, 0.3) is 0 Å². The van der Waals surface area contributed by atoms with Crippen molar-refractivity contribution in [2.24, 2.45) is 0 Å². The van der Waals surface area contributed by atoms with E-state index in [-0.39, 0.29) is 29.5 Å². The zero-order chi connectivity index (χ0) is 19.3. The number of amides is 1. The maximum atomic E-state index is 12.4. The summed E-state index contributed by atoms with van der Waals surface area (Å²) in [7, 11) is 0. The van der Waals surface area contributed by atoms with E-state index < -0.39 is 12.3 Å². The van der Waals surface area contributed by atoms with Crippen molar-refractivity contribution in [1.82, 2.24) is 10.3 Å². The Bertz CT molecular complexity index is 775. The molecule has 6 nitrogen and oxygen atoms in total. The molecular weight excluding hydrogens is 365 g/mol. The number of nitrogens with zero attached hydrogens (tertiary/aromatic N) is 1. The van der Waals surface area contributed by atoms with E-state index in [9.17, 15) is 18.0 Å². The third kappa shape index (κ3) is 5.58. The minimum absolute atomic E-state index is 0.0534. The van der Waals surface area contributed by atoms with Crippen LogP contribution in [0.15, 0.2) is 42.6 Å². The number of hydrogen-bond acceptors (Lipinski definition) is 5. The summed E-state index contributed by atoms with van der Waals surface area (Å²) in [6, 6.07) is 8.71. The molecule has 3 rings (SSSR count). The minimum Gasteiger partial charge on any atom is -0.472 e. The van der Waals surface area contributed by atoms with Gasteiger partial charge in [-0.3, -0.25) is 4.79 Å². The van der Waals surface area contributed by atoms with Gasteiger partial charge in [-0.2, -0.15) is 0 Å². The fourth-order valence-corrected chi connectivity index (χ4v) is 2.51. The van der Waals surface area contributed by atoms with E-state index in [0.29, 0.717) is 19.1 Å². The molecule has 0 bridgehead atoms. The number of aromatic nitrogens is 1. The number of benzene rings is 1. The molecule has 1 aliphatic heterocycles. The number of carbonyl (C=O) groups excluding carboxylic acids is 1. The van der Waals surface area contributed by atoms with E-state index in [0.717, 1.165) is 6.42 Å². The SMILES string of the molecule is O=C(NCc1ccccc1OC(F)(F)F)c1ccc(OC2CCOC2)nc1. The van der Waals surface area contributed by atoms with E-state index in [1.807, 2.05) is 0 Å². The summed E-state index contributed by atoms with van der Waals surface area (Å²) >= 11 is 0. The largest absolute Gasteiger partial charge is 0.573 e. The van der Waals surface area contributed by atoms with Gasteiger partial charge in [-0.15, -0.1) is 13.2 Å². The summed E-state index contributed by atoms with van der Waals surface area (Å²) < 4.78 is 52.1. The first-order valence-corrected chi connectivity index (χ1v) is 8.23. The molecular formula is C18H17F3N2O4. The fraction of sp³-hybridized carbons (Fsp3) is 0.333. The second-order valence-corrected chi connectivity index (χ2v) is 5.83. The number of hydrogen-bond donors (Lipinski definition) is 1. The molecule has 1 fully saturated rings. The van der Waals surface area contributed by atoms with Crippen molar-refractivity contribution in [3.63, 3.8) is 0 Å². The van der Waals surface area contributed by atoms with Crippen molar-refractivity contribution in [2.45, 2.75) is 25.4 Å². The number of alkyl halides is 3. The van der Waals surface area contributed by atoms with E-state index >= 15 is 0 Å². The van der Waals surface area contributed by atoms with Gasteiger partial charge >= 0.3 is 6.36 Å². The quantitative estimate of drug-likeness (QED) is 0.832. The molecule has 27 heavy (non-hydrogen) atoms. The molecule has 0 spiro atoms. The minimum atomic E-state index is -4.80. The third-order valence-electron chi connectivity index (χ3n) is 3.81. The average molecular weight is 382 g/mol. The monoisotopic (exact) mass is 382 g/mol. The predicted molar refractivity (Wildman–Crippen MR) is 88.4 cm³/mol. The highest BCUT2D eigenvalue weighted by molar-refractivity contribution is 5.93. The summed E-state index contributed by atoms with van der Waals surface area (Å²) in [6.45, 7) is 1.02. The highest BCUT2D eigenvalue weighted by Crippen LogP contribution is 2.26. The van der Waals surface area contributed by atoms with E-state index in [1.54, 1.807) is 12.1 Å². The summed E-state index contributed by atoms with van der Waals surface area (Å²) in [6.07, 6.45) is -2.73. The Morgan fingerprint density at radius 3 is 2.74 bits per heavy atom. The molecule has 2 aromatic rings. The molecule has 1 aliphatic rings. The number of para-hydroxylation sites is 1. The summed E-state index contributed by atoms with van der Waals surface area (Å²) in [5, 5.41) is 2.55. The first-order chi connectivity index (χ1) is 12.9. The first-order valence-electron chi connectivity index (χ1n) is 8.23. The van der Waals surface area contributed by atoms with Crippen LogP contribution in [0.1, 0.15) is 22.3 Å². The van der Waals surface area contributed by atoms with Crippen molar-refractivity contribution >= 4 is 5.91 Å². The lowest BCUT2D eigenvalue weighted by atomic mass is 10.2. The van der Waals surface area contributed by atoms with E-state index in [2.05, 4.69) is 15.0 Å². The predicted octanol–water partition coefficient (Wildman–Crippen LogP) is 3.08. The number of pyridine rings is 1. The van der Waals surface area contributed by atoms with Crippen LogP contribution in [-0.4, -0.2) is 36.6 Å². The van der Waals surface area contributed by atoms with E-state index in [4.69, 9.17) is 9.47 Å². The van der Waals surface area contributed by atoms with Crippen LogP contribution >= 0.6 is 0 Å². The van der Waals surface area contributed by atoms with Crippen molar-refractivity contribution in [1.29, 1.82) is 0 Å². The maximum Gasteiger partial charge on any atom is 0.573 e. The molecule has 9 heteroatoms. The highest BCUT2D eigenvalue weighted by Gasteiger charge is 2.32. The van der Waals surface area contributed by atoms with Crippen molar-refractivity contribution in [2.75, 3.05) is 13.2 Å². The molecule has 0 aliphatic carbocycles. The fourth-order valence-electron chi connectivity index (χ4n) is 2.51. The first kappa shape index (κ1) is 19.0. The maximum absolute atomic E-state index is 12.4. The molecule has 1 atom stereocenters.